The van der Waals surface area contributed by atoms with E-state index in [2.05, 4.69) is 33.0 Å². The van der Waals surface area contributed by atoms with Crippen LogP contribution in [0.3, 0.4) is 0 Å². The molecule has 0 bridgehead atoms. The molecule has 1 rings (SSSR count). The molecule has 1 heteroatoms. The molecule has 3 unspecified atom stereocenters. The van der Waals surface area contributed by atoms with Gasteiger partial charge in [-0.1, -0.05) is 47.0 Å². The van der Waals surface area contributed by atoms with Gasteiger partial charge in [0.05, 0.1) is 0 Å². The lowest BCUT2D eigenvalue weighted by molar-refractivity contribution is 0.238. The molecule has 1 fully saturated rings. The molecule has 15 heavy (non-hydrogen) atoms. The Labute approximate surface area is 96.0 Å². The Morgan fingerprint density at radius 3 is 2.40 bits per heavy atom. The maximum Gasteiger partial charge on any atom is 0.00953 e. The largest absolute Gasteiger partial charge is 0.313 e. The Morgan fingerprint density at radius 2 is 1.80 bits per heavy atom. The second-order valence-corrected chi connectivity index (χ2v) is 5.69. The average Bonchev–Trinajstić information content (AvgIpc) is 2.26. The summed E-state index contributed by atoms with van der Waals surface area (Å²) in [6.07, 6.45) is 7.10. The molecule has 1 aliphatic carbocycles. The summed E-state index contributed by atoms with van der Waals surface area (Å²) in [6.45, 7) is 10.6. The highest BCUT2D eigenvalue weighted by atomic mass is 14.9. The molecule has 0 saturated heterocycles. The predicted molar refractivity (Wildman–Crippen MR) is 68.0 cm³/mol. The van der Waals surface area contributed by atoms with Gasteiger partial charge < -0.3 is 5.32 Å². The number of nitrogens with one attached hydrogen (secondary N) is 1. The highest BCUT2D eigenvalue weighted by Gasteiger charge is 2.23. The fraction of sp³-hybridized carbons (Fsp3) is 1.00. The van der Waals surface area contributed by atoms with E-state index in [0.717, 1.165) is 23.8 Å². The molecule has 0 aromatic carbocycles. The Kier molecular flexibility index (Phi) is 5.66. The molecule has 1 nitrogen and oxygen atoms in total. The molecule has 0 aromatic heterocycles. The van der Waals surface area contributed by atoms with E-state index in [9.17, 15) is 0 Å². The minimum Gasteiger partial charge on any atom is -0.313 e. The van der Waals surface area contributed by atoms with Crippen LogP contribution in [0, 0.1) is 17.8 Å². The van der Waals surface area contributed by atoms with Crippen LogP contribution < -0.4 is 5.32 Å². The molecule has 1 aliphatic rings. The molecule has 1 saturated carbocycles. The van der Waals surface area contributed by atoms with E-state index >= 15 is 0 Å². The summed E-state index contributed by atoms with van der Waals surface area (Å²) in [6, 6.07) is 0.810. The quantitative estimate of drug-likeness (QED) is 0.728. The summed E-state index contributed by atoms with van der Waals surface area (Å²) in [7, 11) is 0. The van der Waals surface area contributed by atoms with Crippen molar-refractivity contribution in [3.63, 3.8) is 0 Å². The van der Waals surface area contributed by atoms with Gasteiger partial charge in [0, 0.05) is 6.04 Å². The lowest BCUT2D eigenvalue weighted by atomic mass is 9.82. The lowest BCUT2D eigenvalue weighted by Crippen LogP contribution is -2.41. The Morgan fingerprint density at radius 1 is 1.13 bits per heavy atom. The van der Waals surface area contributed by atoms with Gasteiger partial charge >= 0.3 is 0 Å². The van der Waals surface area contributed by atoms with Crippen molar-refractivity contribution in [2.24, 2.45) is 17.8 Å². The number of hydrogen-bond acceptors (Lipinski definition) is 1. The minimum absolute atomic E-state index is 0.807. The van der Waals surface area contributed by atoms with Gasteiger partial charge in [0.2, 0.25) is 0 Å². The normalized spacial score (nSPS) is 29.4. The Balaban J connectivity index is 2.29. The first kappa shape index (κ1) is 13.0. The summed E-state index contributed by atoms with van der Waals surface area (Å²) < 4.78 is 0. The van der Waals surface area contributed by atoms with Crippen LogP contribution in [-0.2, 0) is 0 Å². The van der Waals surface area contributed by atoms with E-state index in [1.807, 2.05) is 0 Å². The molecule has 0 aromatic rings. The van der Waals surface area contributed by atoms with Crippen LogP contribution in [0.4, 0.5) is 0 Å². The third-order valence-corrected chi connectivity index (χ3v) is 4.27. The van der Waals surface area contributed by atoms with Gasteiger partial charge in [0.1, 0.15) is 0 Å². The fourth-order valence-corrected chi connectivity index (χ4v) is 2.54. The van der Waals surface area contributed by atoms with Gasteiger partial charge in [-0.2, -0.15) is 0 Å². The van der Waals surface area contributed by atoms with Gasteiger partial charge in [-0.05, 0) is 37.1 Å². The van der Waals surface area contributed by atoms with Crippen molar-refractivity contribution in [3.8, 4) is 0 Å². The second kappa shape index (κ2) is 6.52. The van der Waals surface area contributed by atoms with Crippen molar-refractivity contribution in [2.75, 3.05) is 6.54 Å². The summed E-state index contributed by atoms with van der Waals surface area (Å²) in [5, 5.41) is 3.80. The van der Waals surface area contributed by atoms with E-state index in [1.54, 1.807) is 0 Å². The van der Waals surface area contributed by atoms with Crippen LogP contribution in [0.1, 0.15) is 59.8 Å². The number of rotatable bonds is 5. The smallest absolute Gasteiger partial charge is 0.00953 e. The highest BCUT2D eigenvalue weighted by Crippen LogP contribution is 2.27. The van der Waals surface area contributed by atoms with Crippen LogP contribution in [0.15, 0.2) is 0 Å². The van der Waals surface area contributed by atoms with Crippen molar-refractivity contribution in [1.82, 2.24) is 5.32 Å². The fourth-order valence-electron chi connectivity index (χ4n) is 2.54. The molecule has 0 aliphatic heterocycles. The SMILES string of the molecule is CCC1CCCCC1NCC(C)C(C)C. The third kappa shape index (κ3) is 4.14. The average molecular weight is 211 g/mol. The molecule has 0 heterocycles. The monoisotopic (exact) mass is 211 g/mol. The molecule has 0 spiro atoms. The first-order valence-corrected chi connectivity index (χ1v) is 6.88. The van der Waals surface area contributed by atoms with E-state index in [-0.39, 0.29) is 0 Å². The molecular weight excluding hydrogens is 182 g/mol. The van der Waals surface area contributed by atoms with E-state index < -0.39 is 0 Å². The predicted octanol–water partition coefficient (Wildman–Crippen LogP) is 3.84. The molecule has 1 N–H and O–H groups in total. The van der Waals surface area contributed by atoms with Gasteiger partial charge in [-0.25, -0.2) is 0 Å². The zero-order chi connectivity index (χ0) is 11.3. The minimum atomic E-state index is 0.807. The summed E-state index contributed by atoms with van der Waals surface area (Å²) >= 11 is 0. The van der Waals surface area contributed by atoms with Crippen LogP contribution in [0.25, 0.3) is 0 Å². The van der Waals surface area contributed by atoms with E-state index in [1.165, 1.54) is 38.6 Å². The first-order valence-electron chi connectivity index (χ1n) is 6.88. The standard InChI is InChI=1S/C14H29N/c1-5-13-8-6-7-9-14(13)15-10-12(4)11(2)3/h11-15H,5-10H2,1-4H3. The van der Waals surface area contributed by atoms with Crippen molar-refractivity contribution < 1.29 is 0 Å². The second-order valence-electron chi connectivity index (χ2n) is 5.69. The summed E-state index contributed by atoms with van der Waals surface area (Å²) in [4.78, 5) is 0. The van der Waals surface area contributed by atoms with Crippen molar-refractivity contribution in [2.45, 2.75) is 65.8 Å². The van der Waals surface area contributed by atoms with Gasteiger partial charge in [-0.15, -0.1) is 0 Å². The zero-order valence-electron chi connectivity index (χ0n) is 11.1. The van der Waals surface area contributed by atoms with Gasteiger partial charge in [-0.3, -0.25) is 0 Å². The van der Waals surface area contributed by atoms with Crippen molar-refractivity contribution in [3.05, 3.63) is 0 Å². The number of hydrogen-bond donors (Lipinski definition) is 1. The zero-order valence-corrected chi connectivity index (χ0v) is 11.1. The van der Waals surface area contributed by atoms with Crippen LogP contribution in [-0.4, -0.2) is 12.6 Å². The molecule has 90 valence electrons. The molecule has 0 amide bonds. The lowest BCUT2D eigenvalue weighted by Gasteiger charge is -2.33. The topological polar surface area (TPSA) is 12.0 Å². The summed E-state index contributed by atoms with van der Waals surface area (Å²) in [5.74, 6) is 2.56. The maximum atomic E-state index is 3.80. The van der Waals surface area contributed by atoms with E-state index in [0.29, 0.717) is 0 Å². The van der Waals surface area contributed by atoms with E-state index in [4.69, 9.17) is 0 Å². The Bertz CT molecular complexity index is 165. The first-order chi connectivity index (χ1) is 7.15. The van der Waals surface area contributed by atoms with Crippen LogP contribution >= 0.6 is 0 Å². The van der Waals surface area contributed by atoms with Crippen molar-refractivity contribution >= 4 is 0 Å². The molecule has 0 radical (unpaired) electrons. The highest BCUT2D eigenvalue weighted by molar-refractivity contribution is 4.80. The maximum absolute atomic E-state index is 3.80. The van der Waals surface area contributed by atoms with Crippen molar-refractivity contribution in [1.29, 1.82) is 0 Å². The molecule has 3 atom stereocenters. The third-order valence-electron chi connectivity index (χ3n) is 4.27. The van der Waals surface area contributed by atoms with Gasteiger partial charge in [0.15, 0.2) is 0 Å². The van der Waals surface area contributed by atoms with Crippen LogP contribution in [0.2, 0.25) is 0 Å². The van der Waals surface area contributed by atoms with Gasteiger partial charge in [0.25, 0.3) is 0 Å². The summed E-state index contributed by atoms with van der Waals surface area (Å²) in [5.41, 5.74) is 0. The Hall–Kier alpha value is -0.0400. The van der Waals surface area contributed by atoms with Crippen LogP contribution in [0.5, 0.6) is 0 Å². The molecular formula is C14H29N.